The molecule has 4 N–H and O–H groups in total. The monoisotopic (exact) mass is 223 g/mol. The zero-order valence-electron chi connectivity index (χ0n) is 9.17. The molecule has 2 rings (SSSR count). The number of primary amides is 1. The standard InChI is InChI=1S/C10H17N5O/c11-9-3-5-15(13-9)7-6-14-4-1-2-8(14)10(12)16/h3,5,8H,1-2,4,6-7H2,(H2,11,13)(H2,12,16). The van der Waals surface area contributed by atoms with E-state index in [1.54, 1.807) is 10.7 Å². The highest BCUT2D eigenvalue weighted by molar-refractivity contribution is 5.80. The Labute approximate surface area is 94.2 Å². The summed E-state index contributed by atoms with van der Waals surface area (Å²) in [5.41, 5.74) is 10.9. The van der Waals surface area contributed by atoms with Crippen molar-refractivity contribution in [2.24, 2.45) is 5.73 Å². The van der Waals surface area contributed by atoms with Gasteiger partial charge < -0.3 is 11.5 Å². The molecule has 1 aliphatic rings. The molecule has 16 heavy (non-hydrogen) atoms. The second-order valence-electron chi connectivity index (χ2n) is 4.10. The fourth-order valence-electron chi connectivity index (χ4n) is 2.15. The Balaban J connectivity index is 1.87. The lowest BCUT2D eigenvalue weighted by molar-refractivity contribution is -0.122. The first-order chi connectivity index (χ1) is 7.66. The Morgan fingerprint density at radius 2 is 2.38 bits per heavy atom. The van der Waals surface area contributed by atoms with Crippen LogP contribution < -0.4 is 11.5 Å². The van der Waals surface area contributed by atoms with Gasteiger partial charge in [-0.1, -0.05) is 0 Å². The minimum Gasteiger partial charge on any atom is -0.382 e. The summed E-state index contributed by atoms with van der Waals surface area (Å²) >= 11 is 0. The highest BCUT2D eigenvalue weighted by atomic mass is 16.1. The summed E-state index contributed by atoms with van der Waals surface area (Å²) < 4.78 is 1.78. The second-order valence-corrected chi connectivity index (χ2v) is 4.10. The molecule has 1 atom stereocenters. The molecule has 0 aliphatic carbocycles. The van der Waals surface area contributed by atoms with E-state index in [0.717, 1.165) is 32.5 Å². The van der Waals surface area contributed by atoms with E-state index in [9.17, 15) is 4.79 Å². The Morgan fingerprint density at radius 1 is 1.56 bits per heavy atom. The van der Waals surface area contributed by atoms with Crippen LogP contribution in [0, 0.1) is 0 Å². The van der Waals surface area contributed by atoms with Gasteiger partial charge in [0.2, 0.25) is 5.91 Å². The maximum atomic E-state index is 11.2. The van der Waals surface area contributed by atoms with Crippen LogP contribution in [0.25, 0.3) is 0 Å². The van der Waals surface area contributed by atoms with Gasteiger partial charge in [-0.05, 0) is 25.5 Å². The first-order valence-corrected chi connectivity index (χ1v) is 5.49. The van der Waals surface area contributed by atoms with E-state index in [0.29, 0.717) is 5.82 Å². The van der Waals surface area contributed by atoms with Crippen LogP contribution in [0.3, 0.4) is 0 Å². The number of carbonyl (C=O) groups excluding carboxylic acids is 1. The molecule has 0 aromatic carbocycles. The number of nitrogens with zero attached hydrogens (tertiary/aromatic N) is 3. The fourth-order valence-corrected chi connectivity index (χ4v) is 2.15. The number of aromatic nitrogens is 2. The summed E-state index contributed by atoms with van der Waals surface area (Å²) in [5.74, 6) is 0.297. The molecular formula is C10H17N5O. The first-order valence-electron chi connectivity index (χ1n) is 5.49. The smallest absolute Gasteiger partial charge is 0.234 e. The number of carbonyl (C=O) groups is 1. The lowest BCUT2D eigenvalue weighted by Crippen LogP contribution is -2.41. The number of amides is 1. The van der Waals surface area contributed by atoms with E-state index < -0.39 is 0 Å². The fraction of sp³-hybridized carbons (Fsp3) is 0.600. The number of anilines is 1. The molecule has 1 aromatic rings. The highest BCUT2D eigenvalue weighted by Crippen LogP contribution is 2.16. The van der Waals surface area contributed by atoms with Gasteiger partial charge in [-0.2, -0.15) is 5.10 Å². The van der Waals surface area contributed by atoms with E-state index >= 15 is 0 Å². The van der Waals surface area contributed by atoms with E-state index in [1.165, 1.54) is 0 Å². The van der Waals surface area contributed by atoms with Gasteiger partial charge in [-0.15, -0.1) is 0 Å². The Morgan fingerprint density at radius 3 is 3.00 bits per heavy atom. The third-order valence-corrected chi connectivity index (χ3v) is 2.97. The van der Waals surface area contributed by atoms with Gasteiger partial charge in [0.25, 0.3) is 0 Å². The Hall–Kier alpha value is -1.56. The lowest BCUT2D eigenvalue weighted by Gasteiger charge is -2.21. The molecule has 2 heterocycles. The van der Waals surface area contributed by atoms with Crippen LogP contribution in [0.15, 0.2) is 12.3 Å². The van der Waals surface area contributed by atoms with Crippen molar-refractivity contribution in [1.29, 1.82) is 0 Å². The van der Waals surface area contributed by atoms with Crippen LogP contribution in [-0.4, -0.2) is 39.7 Å². The van der Waals surface area contributed by atoms with Gasteiger partial charge >= 0.3 is 0 Å². The number of hydrogen-bond donors (Lipinski definition) is 2. The summed E-state index contributed by atoms with van der Waals surface area (Å²) in [6, 6.07) is 1.66. The molecule has 0 radical (unpaired) electrons. The third kappa shape index (κ3) is 2.33. The van der Waals surface area contributed by atoms with Crippen LogP contribution in [0.5, 0.6) is 0 Å². The van der Waals surface area contributed by atoms with E-state index in [2.05, 4.69) is 10.00 Å². The van der Waals surface area contributed by atoms with Crippen molar-refractivity contribution in [2.45, 2.75) is 25.4 Å². The molecule has 1 aliphatic heterocycles. The van der Waals surface area contributed by atoms with Crippen LogP contribution in [-0.2, 0) is 11.3 Å². The average molecular weight is 223 g/mol. The molecule has 1 aromatic heterocycles. The molecule has 0 bridgehead atoms. The minimum atomic E-state index is -0.225. The predicted molar refractivity (Wildman–Crippen MR) is 60.4 cm³/mol. The van der Waals surface area contributed by atoms with E-state index in [1.807, 2.05) is 6.20 Å². The van der Waals surface area contributed by atoms with Crippen LogP contribution in [0.2, 0.25) is 0 Å². The van der Waals surface area contributed by atoms with Crippen molar-refractivity contribution in [3.63, 3.8) is 0 Å². The molecule has 6 heteroatoms. The average Bonchev–Trinajstić information content (AvgIpc) is 2.83. The molecule has 1 fully saturated rings. The minimum absolute atomic E-state index is 0.104. The third-order valence-electron chi connectivity index (χ3n) is 2.97. The second kappa shape index (κ2) is 4.52. The molecule has 1 saturated heterocycles. The lowest BCUT2D eigenvalue weighted by atomic mass is 10.2. The summed E-state index contributed by atoms with van der Waals surface area (Å²) in [6.07, 6.45) is 3.75. The predicted octanol–water partition coefficient (Wildman–Crippen LogP) is -0.585. The quantitative estimate of drug-likeness (QED) is 0.714. The largest absolute Gasteiger partial charge is 0.382 e. The van der Waals surface area contributed by atoms with E-state index in [-0.39, 0.29) is 11.9 Å². The summed E-state index contributed by atoms with van der Waals surface area (Å²) in [4.78, 5) is 13.3. The summed E-state index contributed by atoms with van der Waals surface area (Å²) in [7, 11) is 0. The Kier molecular flexibility index (Phi) is 3.09. The van der Waals surface area contributed by atoms with Gasteiger partial charge in [-0.3, -0.25) is 14.4 Å². The molecule has 0 spiro atoms. The molecule has 1 amide bonds. The molecule has 6 nitrogen and oxygen atoms in total. The van der Waals surface area contributed by atoms with Crippen LogP contribution >= 0.6 is 0 Å². The maximum Gasteiger partial charge on any atom is 0.234 e. The molecule has 0 saturated carbocycles. The topological polar surface area (TPSA) is 90.2 Å². The highest BCUT2D eigenvalue weighted by Gasteiger charge is 2.28. The first kappa shape index (κ1) is 10.9. The van der Waals surface area contributed by atoms with Crippen molar-refractivity contribution in [1.82, 2.24) is 14.7 Å². The SMILES string of the molecule is NC(=O)C1CCCN1CCn1ccc(N)n1. The Bertz CT molecular complexity index is 375. The zero-order chi connectivity index (χ0) is 11.5. The number of likely N-dealkylation sites (tertiary alicyclic amines) is 1. The van der Waals surface area contributed by atoms with Crippen LogP contribution in [0.4, 0.5) is 5.82 Å². The summed E-state index contributed by atoms with van der Waals surface area (Å²) in [5, 5.41) is 4.09. The normalized spacial score (nSPS) is 21.4. The number of nitrogen functional groups attached to an aromatic ring is 1. The number of hydrogen-bond acceptors (Lipinski definition) is 4. The van der Waals surface area contributed by atoms with Crippen molar-refractivity contribution in [3.05, 3.63) is 12.3 Å². The number of rotatable bonds is 4. The van der Waals surface area contributed by atoms with Crippen molar-refractivity contribution in [3.8, 4) is 0 Å². The van der Waals surface area contributed by atoms with Gasteiger partial charge in [-0.25, -0.2) is 0 Å². The van der Waals surface area contributed by atoms with Crippen LogP contribution in [0.1, 0.15) is 12.8 Å². The molecule has 88 valence electrons. The molecule has 1 unspecified atom stereocenters. The summed E-state index contributed by atoms with van der Waals surface area (Å²) in [6.45, 7) is 2.46. The molecular weight excluding hydrogens is 206 g/mol. The maximum absolute atomic E-state index is 11.2. The van der Waals surface area contributed by atoms with Crippen molar-refractivity contribution >= 4 is 11.7 Å². The van der Waals surface area contributed by atoms with Gasteiger partial charge in [0.1, 0.15) is 5.82 Å². The van der Waals surface area contributed by atoms with E-state index in [4.69, 9.17) is 11.5 Å². The van der Waals surface area contributed by atoms with Crippen molar-refractivity contribution < 1.29 is 4.79 Å². The van der Waals surface area contributed by atoms with Gasteiger partial charge in [0, 0.05) is 12.7 Å². The number of nitrogens with two attached hydrogens (primary N) is 2. The van der Waals surface area contributed by atoms with Crippen molar-refractivity contribution in [2.75, 3.05) is 18.8 Å². The van der Waals surface area contributed by atoms with Gasteiger partial charge in [0.15, 0.2) is 0 Å². The van der Waals surface area contributed by atoms with Gasteiger partial charge in [0.05, 0.1) is 12.6 Å². The zero-order valence-corrected chi connectivity index (χ0v) is 9.17.